The molecule has 2 nitrogen and oxygen atoms in total. The van der Waals surface area contributed by atoms with Gasteiger partial charge in [-0.05, 0) is 31.4 Å². The van der Waals surface area contributed by atoms with E-state index in [4.69, 9.17) is 16.3 Å². The van der Waals surface area contributed by atoms with Gasteiger partial charge in [0.1, 0.15) is 17.4 Å². The first-order valence-corrected chi connectivity index (χ1v) is 8.42. The number of alkyl halides is 3. The Hall–Kier alpha value is -0.590. The summed E-state index contributed by atoms with van der Waals surface area (Å²) in [6.45, 7) is 1.65. The first-order chi connectivity index (χ1) is 9.93. The Morgan fingerprint density at radius 3 is 2.81 bits per heavy atom. The van der Waals surface area contributed by atoms with Gasteiger partial charge in [-0.15, -0.1) is 0 Å². The zero-order valence-electron chi connectivity index (χ0n) is 11.5. The van der Waals surface area contributed by atoms with E-state index in [0.29, 0.717) is 5.75 Å². The van der Waals surface area contributed by atoms with Crippen LogP contribution in [-0.4, -0.2) is 31.2 Å². The van der Waals surface area contributed by atoms with Gasteiger partial charge in [0.25, 0.3) is 0 Å². The molecule has 1 saturated heterocycles. The lowest BCUT2D eigenvalue weighted by atomic mass is 10.0. The van der Waals surface area contributed by atoms with Crippen molar-refractivity contribution < 1.29 is 17.9 Å². The Labute approximate surface area is 131 Å². The van der Waals surface area contributed by atoms with Gasteiger partial charge in [0.15, 0.2) is 0 Å². The third kappa shape index (κ3) is 4.20. The van der Waals surface area contributed by atoms with Gasteiger partial charge in [-0.25, -0.2) is 0 Å². The monoisotopic (exact) mass is 339 g/mol. The van der Waals surface area contributed by atoms with Crippen LogP contribution in [0.5, 0.6) is 5.75 Å². The average molecular weight is 340 g/mol. The average Bonchev–Trinajstić information content (AvgIpc) is 2.90. The van der Waals surface area contributed by atoms with Crippen molar-refractivity contribution in [3.63, 3.8) is 0 Å². The second-order valence-corrected chi connectivity index (χ2v) is 6.29. The lowest BCUT2D eigenvalue weighted by Crippen LogP contribution is -2.31. The largest absolute Gasteiger partial charge is 0.489 e. The Morgan fingerprint density at radius 1 is 1.48 bits per heavy atom. The predicted molar refractivity (Wildman–Crippen MR) is 80.2 cm³/mol. The molecule has 0 aromatic heterocycles. The molecule has 0 spiro atoms. The number of hydrogen-bond donors (Lipinski definition) is 1. The molecule has 0 saturated carbocycles. The molecule has 0 bridgehead atoms. The molecule has 21 heavy (non-hydrogen) atoms. The first kappa shape index (κ1) is 16.8. The molecule has 1 unspecified atom stereocenters. The highest BCUT2D eigenvalue weighted by Crippen LogP contribution is 2.41. The van der Waals surface area contributed by atoms with Crippen LogP contribution in [0.15, 0.2) is 18.2 Å². The molecule has 1 heterocycles. The number of benzene rings is 1. The van der Waals surface area contributed by atoms with Crippen molar-refractivity contribution in [2.75, 3.05) is 25.1 Å². The molecule has 2 rings (SSSR count). The number of rotatable bonds is 5. The SMILES string of the molecule is CSC[C@@H](Oc1cccc(Cl)c1C(F)(F)F)C1CCNC1. The van der Waals surface area contributed by atoms with Crippen molar-refractivity contribution in [3.8, 4) is 5.75 Å². The number of ether oxygens (including phenoxy) is 1. The van der Waals surface area contributed by atoms with Crippen molar-refractivity contribution in [2.24, 2.45) is 5.92 Å². The quantitative estimate of drug-likeness (QED) is 0.873. The van der Waals surface area contributed by atoms with Crippen LogP contribution in [0.4, 0.5) is 13.2 Å². The van der Waals surface area contributed by atoms with E-state index in [9.17, 15) is 13.2 Å². The smallest absolute Gasteiger partial charge is 0.421 e. The maximum absolute atomic E-state index is 13.1. The number of halogens is 4. The van der Waals surface area contributed by atoms with E-state index in [-0.39, 0.29) is 22.8 Å². The fourth-order valence-electron chi connectivity index (χ4n) is 2.47. The van der Waals surface area contributed by atoms with Crippen molar-refractivity contribution in [1.82, 2.24) is 5.32 Å². The topological polar surface area (TPSA) is 21.3 Å². The molecule has 0 aliphatic carbocycles. The Kier molecular flexibility index (Phi) is 5.68. The van der Waals surface area contributed by atoms with Crippen LogP contribution in [0.2, 0.25) is 5.02 Å². The van der Waals surface area contributed by atoms with Crippen molar-refractivity contribution >= 4 is 23.4 Å². The molecule has 0 amide bonds. The van der Waals surface area contributed by atoms with Crippen LogP contribution in [0.25, 0.3) is 0 Å². The van der Waals surface area contributed by atoms with Crippen molar-refractivity contribution in [3.05, 3.63) is 28.8 Å². The fourth-order valence-corrected chi connectivity index (χ4v) is 3.41. The van der Waals surface area contributed by atoms with Gasteiger partial charge in [0, 0.05) is 18.2 Å². The van der Waals surface area contributed by atoms with Gasteiger partial charge in [-0.3, -0.25) is 0 Å². The molecule has 1 aromatic rings. The minimum absolute atomic E-state index is 0.180. The van der Waals surface area contributed by atoms with E-state index in [0.717, 1.165) is 19.5 Å². The van der Waals surface area contributed by atoms with Crippen molar-refractivity contribution in [1.29, 1.82) is 0 Å². The van der Waals surface area contributed by atoms with Crippen LogP contribution >= 0.6 is 23.4 Å². The summed E-state index contributed by atoms with van der Waals surface area (Å²) in [5.74, 6) is 0.689. The molecule has 1 aliphatic heterocycles. The molecule has 0 radical (unpaired) electrons. The normalized spacial score (nSPS) is 20.5. The van der Waals surface area contributed by atoms with E-state index in [1.165, 1.54) is 18.2 Å². The van der Waals surface area contributed by atoms with E-state index >= 15 is 0 Å². The highest BCUT2D eigenvalue weighted by atomic mass is 35.5. The summed E-state index contributed by atoms with van der Waals surface area (Å²) >= 11 is 7.28. The summed E-state index contributed by atoms with van der Waals surface area (Å²) in [7, 11) is 0. The molecule has 1 aromatic carbocycles. The van der Waals surface area contributed by atoms with Crippen LogP contribution < -0.4 is 10.1 Å². The number of hydrogen-bond acceptors (Lipinski definition) is 3. The van der Waals surface area contributed by atoms with Gasteiger partial charge in [-0.1, -0.05) is 17.7 Å². The highest BCUT2D eigenvalue weighted by Gasteiger charge is 2.38. The summed E-state index contributed by atoms with van der Waals surface area (Å²) in [6.07, 6.45) is -1.95. The van der Waals surface area contributed by atoms with Gasteiger partial charge in [-0.2, -0.15) is 24.9 Å². The third-order valence-electron chi connectivity index (χ3n) is 3.49. The standard InChI is InChI=1S/C14H17ClF3NOS/c1-21-8-12(9-5-6-19-7-9)20-11-4-2-3-10(15)13(11)14(16,17)18/h2-4,9,12,19H,5-8H2,1H3/t9?,12-/m1/s1. The maximum atomic E-state index is 13.1. The zero-order chi connectivity index (χ0) is 15.5. The van der Waals surface area contributed by atoms with Crippen LogP contribution in [0.1, 0.15) is 12.0 Å². The molecule has 7 heteroatoms. The minimum atomic E-state index is -4.52. The molecule has 1 N–H and O–H groups in total. The second-order valence-electron chi connectivity index (χ2n) is 4.98. The van der Waals surface area contributed by atoms with Crippen LogP contribution in [0.3, 0.4) is 0 Å². The van der Waals surface area contributed by atoms with Crippen LogP contribution in [0, 0.1) is 5.92 Å². The van der Waals surface area contributed by atoms with Crippen molar-refractivity contribution in [2.45, 2.75) is 18.7 Å². The fraction of sp³-hybridized carbons (Fsp3) is 0.571. The molecule has 2 atom stereocenters. The Bertz CT molecular complexity index is 478. The molecule has 1 aliphatic rings. The van der Waals surface area contributed by atoms with Gasteiger partial charge < -0.3 is 10.1 Å². The first-order valence-electron chi connectivity index (χ1n) is 6.65. The van der Waals surface area contributed by atoms with Gasteiger partial charge in [0.2, 0.25) is 0 Å². The Morgan fingerprint density at radius 2 is 2.24 bits per heavy atom. The van der Waals surface area contributed by atoms with Crippen LogP contribution in [-0.2, 0) is 6.18 Å². The summed E-state index contributed by atoms with van der Waals surface area (Å²) in [4.78, 5) is 0. The highest BCUT2D eigenvalue weighted by molar-refractivity contribution is 7.98. The van der Waals surface area contributed by atoms with Gasteiger partial charge in [0.05, 0.1) is 5.02 Å². The lowest BCUT2D eigenvalue weighted by Gasteiger charge is -2.25. The van der Waals surface area contributed by atoms with E-state index < -0.39 is 11.7 Å². The summed E-state index contributed by atoms with van der Waals surface area (Å²) < 4.78 is 45.1. The zero-order valence-corrected chi connectivity index (χ0v) is 13.1. The molecule has 118 valence electrons. The Balaban J connectivity index is 2.26. The summed E-state index contributed by atoms with van der Waals surface area (Å²) in [5.41, 5.74) is -0.885. The minimum Gasteiger partial charge on any atom is -0.489 e. The van der Waals surface area contributed by atoms with E-state index in [1.54, 1.807) is 11.8 Å². The molecular weight excluding hydrogens is 323 g/mol. The number of thioether (sulfide) groups is 1. The maximum Gasteiger partial charge on any atom is 0.421 e. The second kappa shape index (κ2) is 7.11. The number of nitrogens with one attached hydrogen (secondary N) is 1. The van der Waals surface area contributed by atoms with Gasteiger partial charge >= 0.3 is 6.18 Å². The summed E-state index contributed by atoms with van der Waals surface area (Å²) in [5, 5.41) is 2.89. The van der Waals surface area contributed by atoms with E-state index in [1.807, 2.05) is 6.26 Å². The lowest BCUT2D eigenvalue weighted by molar-refractivity contribution is -0.139. The summed E-state index contributed by atoms with van der Waals surface area (Å²) in [6, 6.07) is 4.05. The predicted octanol–water partition coefficient (Wildman–Crippen LogP) is 4.08. The van der Waals surface area contributed by atoms with E-state index in [2.05, 4.69) is 5.32 Å². The molecule has 1 fully saturated rings. The third-order valence-corrected chi connectivity index (χ3v) is 4.47. The molecular formula is C14H17ClF3NOS.